The summed E-state index contributed by atoms with van der Waals surface area (Å²) >= 11 is 1.11. The van der Waals surface area contributed by atoms with Crippen LogP contribution in [0, 0.1) is 5.92 Å². The van der Waals surface area contributed by atoms with E-state index in [9.17, 15) is 13.2 Å². The van der Waals surface area contributed by atoms with Gasteiger partial charge >= 0.3 is 6.18 Å². The van der Waals surface area contributed by atoms with Crippen LogP contribution in [0.4, 0.5) is 19.0 Å². The highest BCUT2D eigenvalue weighted by molar-refractivity contribution is 7.18. The first-order chi connectivity index (χ1) is 15.7. The summed E-state index contributed by atoms with van der Waals surface area (Å²) in [5.41, 5.74) is 1.06. The first kappa shape index (κ1) is 22.5. The third-order valence-corrected chi connectivity index (χ3v) is 7.73. The van der Waals surface area contributed by atoms with Crippen LogP contribution in [0.5, 0.6) is 0 Å². The molecule has 2 saturated heterocycles. The number of halogens is 3. The Morgan fingerprint density at radius 2 is 2.06 bits per heavy atom. The van der Waals surface area contributed by atoms with E-state index >= 15 is 0 Å². The van der Waals surface area contributed by atoms with Crippen molar-refractivity contribution in [2.24, 2.45) is 13.0 Å². The third-order valence-electron chi connectivity index (χ3n) is 6.69. The van der Waals surface area contributed by atoms with E-state index in [1.165, 1.54) is 6.33 Å². The lowest BCUT2D eigenvalue weighted by Crippen LogP contribution is -2.52. The summed E-state index contributed by atoms with van der Waals surface area (Å²) in [7, 11) is 1.93. The topological polar surface area (TPSA) is 62.1 Å². The van der Waals surface area contributed by atoms with E-state index in [0.29, 0.717) is 16.8 Å². The maximum absolute atomic E-state index is 12.9. The van der Waals surface area contributed by atoms with Crippen molar-refractivity contribution in [1.82, 2.24) is 30.0 Å². The quantitative estimate of drug-likeness (QED) is 0.618. The number of nitrogens with zero attached hydrogens (tertiary/aromatic N) is 6. The normalized spacial score (nSPS) is 24.8. The molecular weight excluding hydrogens is 451 g/mol. The van der Waals surface area contributed by atoms with Crippen molar-refractivity contribution in [3.63, 3.8) is 0 Å². The minimum atomic E-state index is -4.23. The van der Waals surface area contributed by atoms with Crippen molar-refractivity contribution in [3.05, 3.63) is 35.2 Å². The molecule has 7 nitrogen and oxygen atoms in total. The minimum Gasteiger partial charge on any atom is -0.356 e. The average molecular weight is 480 g/mol. The number of aromatic nitrogens is 4. The van der Waals surface area contributed by atoms with Crippen LogP contribution in [-0.4, -0.2) is 62.7 Å². The second-order valence-electron chi connectivity index (χ2n) is 9.10. The molecule has 1 N–H and O–H groups in total. The van der Waals surface area contributed by atoms with Gasteiger partial charge < -0.3 is 4.90 Å². The number of piperidine rings is 1. The molecular formula is C22H28F3N7S. The molecule has 11 heteroatoms. The van der Waals surface area contributed by atoms with E-state index < -0.39 is 12.6 Å². The number of alkyl halides is 3. The number of rotatable bonds is 4. The number of aryl methyl sites for hydroxylation is 1. The van der Waals surface area contributed by atoms with Crippen LogP contribution < -0.4 is 10.2 Å². The lowest BCUT2D eigenvalue weighted by molar-refractivity contribution is -0.126. The Kier molecular flexibility index (Phi) is 6.04. The van der Waals surface area contributed by atoms with Crippen LogP contribution in [0.25, 0.3) is 10.2 Å². The Morgan fingerprint density at radius 3 is 2.82 bits per heavy atom. The molecule has 33 heavy (non-hydrogen) atoms. The van der Waals surface area contributed by atoms with Crippen molar-refractivity contribution in [2.75, 3.05) is 24.5 Å². The fourth-order valence-corrected chi connectivity index (χ4v) is 6.10. The van der Waals surface area contributed by atoms with Gasteiger partial charge in [0.15, 0.2) is 0 Å². The number of thiophene rings is 1. The summed E-state index contributed by atoms with van der Waals surface area (Å²) < 4.78 is 40.5. The molecule has 0 spiro atoms. The molecule has 2 fully saturated rings. The smallest absolute Gasteiger partial charge is 0.356 e. The fraction of sp³-hybridized carbons (Fsp3) is 0.591. The summed E-state index contributed by atoms with van der Waals surface area (Å²) in [6.07, 6.45) is 0.555. The molecule has 0 aliphatic carbocycles. The maximum atomic E-state index is 12.9. The number of nitrogens with one attached hydrogen (secondary N) is 1. The number of hydrogen-bond acceptors (Lipinski definition) is 7. The first-order valence-corrected chi connectivity index (χ1v) is 12.1. The van der Waals surface area contributed by atoms with Crippen LogP contribution in [0.2, 0.25) is 0 Å². The Labute approximate surface area is 194 Å². The largest absolute Gasteiger partial charge is 0.393 e. The first-order valence-electron chi connectivity index (χ1n) is 11.3. The van der Waals surface area contributed by atoms with E-state index in [0.717, 1.165) is 67.3 Å². The Hall–Kier alpha value is -2.24. The Bertz CT molecular complexity index is 1110. The highest BCUT2D eigenvalue weighted by atomic mass is 32.1. The molecule has 3 aromatic rings. The molecule has 3 aromatic heterocycles. The fourth-order valence-electron chi connectivity index (χ4n) is 5.08. The summed E-state index contributed by atoms with van der Waals surface area (Å²) in [6.45, 7) is 5.63. The highest BCUT2D eigenvalue weighted by Gasteiger charge is 2.35. The molecule has 5 heterocycles. The van der Waals surface area contributed by atoms with Gasteiger partial charge in [0.05, 0.1) is 23.7 Å². The van der Waals surface area contributed by atoms with E-state index in [2.05, 4.69) is 43.2 Å². The molecule has 0 amide bonds. The monoisotopic (exact) mass is 479 g/mol. The second kappa shape index (κ2) is 8.84. The van der Waals surface area contributed by atoms with Crippen molar-refractivity contribution in [3.8, 4) is 0 Å². The zero-order chi connectivity index (χ0) is 23.2. The standard InChI is InChI=1S/C22H28F3N7S/c1-14-28-19-5-8-32(11-15(19)3-7-31(14)12-16-4-6-30(2)29-16)20-18-9-17(10-22(23,24)25)33-21(18)27-13-26-20/h4,6,9,13-15,19,28H,3,5,7-8,10-12H2,1-2H3/t14-,15-,19+/m1/s1. The summed E-state index contributed by atoms with van der Waals surface area (Å²) in [6, 6.07) is 4.09. The predicted molar refractivity (Wildman–Crippen MR) is 122 cm³/mol. The SMILES string of the molecule is C[C@@H]1N[C@H]2CCN(c3ncnc4sc(CC(F)(F)F)cc34)C[C@H]2CCN1Cc1ccn(C)n1. The van der Waals surface area contributed by atoms with Crippen LogP contribution >= 0.6 is 11.3 Å². The average Bonchev–Trinajstić information content (AvgIpc) is 3.31. The van der Waals surface area contributed by atoms with Gasteiger partial charge in [-0.25, -0.2) is 9.97 Å². The third kappa shape index (κ3) is 4.99. The van der Waals surface area contributed by atoms with Crippen LogP contribution in [0.3, 0.4) is 0 Å². The van der Waals surface area contributed by atoms with Crippen molar-refractivity contribution >= 4 is 27.4 Å². The van der Waals surface area contributed by atoms with Crippen molar-refractivity contribution in [2.45, 2.75) is 51.1 Å². The van der Waals surface area contributed by atoms with Crippen LogP contribution in [0.15, 0.2) is 24.7 Å². The molecule has 0 unspecified atom stereocenters. The lowest BCUT2D eigenvalue weighted by atomic mass is 9.89. The molecule has 0 aromatic carbocycles. The molecule has 0 radical (unpaired) electrons. The van der Waals surface area contributed by atoms with Crippen molar-refractivity contribution < 1.29 is 13.2 Å². The summed E-state index contributed by atoms with van der Waals surface area (Å²) in [4.78, 5) is 14.3. The maximum Gasteiger partial charge on any atom is 0.393 e. The van der Waals surface area contributed by atoms with Gasteiger partial charge in [0.25, 0.3) is 0 Å². The van der Waals surface area contributed by atoms with Gasteiger partial charge in [-0.2, -0.15) is 18.3 Å². The van der Waals surface area contributed by atoms with Gasteiger partial charge in [0.2, 0.25) is 0 Å². The molecule has 178 valence electrons. The number of hydrogen-bond donors (Lipinski definition) is 1. The molecule has 2 aliphatic heterocycles. The van der Waals surface area contributed by atoms with Gasteiger partial charge in [-0.05, 0) is 37.8 Å². The molecule has 0 saturated carbocycles. The predicted octanol–water partition coefficient (Wildman–Crippen LogP) is 3.57. The molecule has 3 atom stereocenters. The van der Waals surface area contributed by atoms with Crippen LogP contribution in [-0.2, 0) is 20.0 Å². The van der Waals surface area contributed by atoms with E-state index in [-0.39, 0.29) is 11.0 Å². The molecule has 0 bridgehead atoms. The van der Waals surface area contributed by atoms with Gasteiger partial charge in [-0.1, -0.05) is 0 Å². The van der Waals surface area contributed by atoms with Gasteiger partial charge in [-0.3, -0.25) is 14.9 Å². The molecule has 5 rings (SSSR count). The second-order valence-corrected chi connectivity index (χ2v) is 10.2. The van der Waals surface area contributed by atoms with Crippen molar-refractivity contribution in [1.29, 1.82) is 0 Å². The minimum absolute atomic E-state index is 0.251. The van der Waals surface area contributed by atoms with Gasteiger partial charge in [0.1, 0.15) is 17.0 Å². The Morgan fingerprint density at radius 1 is 1.21 bits per heavy atom. The van der Waals surface area contributed by atoms with Gasteiger partial charge in [0, 0.05) is 50.3 Å². The highest BCUT2D eigenvalue weighted by Crippen LogP contribution is 2.36. The summed E-state index contributed by atoms with van der Waals surface area (Å²) in [5, 5.41) is 9.06. The zero-order valence-corrected chi connectivity index (χ0v) is 19.5. The van der Waals surface area contributed by atoms with E-state index in [1.807, 2.05) is 17.9 Å². The number of anilines is 1. The van der Waals surface area contributed by atoms with E-state index in [4.69, 9.17) is 0 Å². The Balaban J connectivity index is 1.31. The summed E-state index contributed by atoms with van der Waals surface area (Å²) in [5.74, 6) is 1.19. The zero-order valence-electron chi connectivity index (χ0n) is 18.7. The lowest BCUT2D eigenvalue weighted by Gasteiger charge is -2.39. The van der Waals surface area contributed by atoms with E-state index in [1.54, 1.807) is 6.07 Å². The van der Waals surface area contributed by atoms with Crippen LogP contribution in [0.1, 0.15) is 30.3 Å². The van der Waals surface area contributed by atoms with Gasteiger partial charge in [-0.15, -0.1) is 11.3 Å². The molecule has 2 aliphatic rings. The number of fused-ring (bicyclic) bond motifs is 2.